The number of hydrogen-bond donors (Lipinski definition) is 1. The fourth-order valence-corrected chi connectivity index (χ4v) is 1.34. The fourth-order valence-electron chi connectivity index (χ4n) is 1.34. The average molecular weight is 245 g/mol. The van der Waals surface area contributed by atoms with E-state index in [1.165, 1.54) is 7.11 Å². The van der Waals surface area contributed by atoms with Gasteiger partial charge in [0.1, 0.15) is 0 Å². The minimum atomic E-state index is -0.269. The third-order valence-corrected chi connectivity index (χ3v) is 2.38. The van der Waals surface area contributed by atoms with Crippen LogP contribution < -0.4 is 5.32 Å². The number of methoxy groups -OCH3 is 3. The first-order chi connectivity index (χ1) is 8.19. The Bertz CT molecular complexity index is 241. The normalized spacial score (nSPS) is 13.5. The van der Waals surface area contributed by atoms with Gasteiger partial charge in [-0.3, -0.25) is 0 Å². The summed E-state index contributed by atoms with van der Waals surface area (Å²) in [7, 11) is 4.67. The van der Waals surface area contributed by atoms with E-state index < -0.39 is 0 Å². The smallest absolute Gasteiger partial charge is 0.333 e. The van der Waals surface area contributed by atoms with E-state index in [0.29, 0.717) is 31.7 Å². The number of esters is 1. The first-order valence-electron chi connectivity index (χ1n) is 5.69. The first-order valence-corrected chi connectivity index (χ1v) is 5.69. The van der Waals surface area contributed by atoms with Crippen LogP contribution in [-0.4, -0.2) is 53.1 Å². The molecule has 0 aromatic rings. The van der Waals surface area contributed by atoms with Gasteiger partial charge in [-0.1, -0.05) is 13.0 Å². The number of carbonyl (C=O) groups excluding carboxylic acids is 1. The summed E-state index contributed by atoms with van der Waals surface area (Å²) in [5, 5.41) is 3.18. The van der Waals surface area contributed by atoms with Crippen LogP contribution in [0.1, 0.15) is 13.3 Å². The quantitative estimate of drug-likeness (QED) is 0.369. The number of carbonyl (C=O) groups is 1. The van der Waals surface area contributed by atoms with Gasteiger partial charge in [-0.15, -0.1) is 0 Å². The van der Waals surface area contributed by atoms with Gasteiger partial charge >= 0.3 is 5.97 Å². The van der Waals surface area contributed by atoms with Crippen LogP contribution in [0.2, 0.25) is 0 Å². The van der Waals surface area contributed by atoms with Crippen molar-refractivity contribution in [2.24, 2.45) is 0 Å². The minimum absolute atomic E-state index is 0.0246. The molecule has 0 rings (SSSR count). The Balaban J connectivity index is 3.94. The van der Waals surface area contributed by atoms with Crippen LogP contribution in [0.4, 0.5) is 0 Å². The molecule has 1 unspecified atom stereocenters. The summed E-state index contributed by atoms with van der Waals surface area (Å²) >= 11 is 0. The number of nitrogens with one attached hydrogen (secondary N) is 1. The molecule has 1 atom stereocenters. The molecular weight excluding hydrogens is 222 g/mol. The summed E-state index contributed by atoms with van der Waals surface area (Å²) in [6, 6.07) is 0. The van der Waals surface area contributed by atoms with E-state index in [1.54, 1.807) is 14.2 Å². The van der Waals surface area contributed by atoms with Gasteiger partial charge in [-0.2, -0.15) is 0 Å². The molecule has 0 heterocycles. The van der Waals surface area contributed by atoms with E-state index in [2.05, 4.69) is 10.1 Å². The second-order valence-electron chi connectivity index (χ2n) is 3.55. The number of rotatable bonds is 9. The van der Waals surface area contributed by atoms with E-state index in [9.17, 15) is 4.79 Å². The lowest BCUT2D eigenvalue weighted by molar-refractivity contribution is -0.136. The maximum Gasteiger partial charge on any atom is 0.333 e. The van der Waals surface area contributed by atoms with Crippen LogP contribution >= 0.6 is 0 Å². The monoisotopic (exact) mass is 245 g/mol. The van der Waals surface area contributed by atoms with Crippen LogP contribution in [-0.2, 0) is 19.0 Å². The fraction of sp³-hybridized carbons (Fsp3) is 0.750. The van der Waals surface area contributed by atoms with Gasteiger partial charge in [-0.05, 0) is 6.42 Å². The second kappa shape index (κ2) is 10.3. The number of hydrogen-bond acceptors (Lipinski definition) is 5. The van der Waals surface area contributed by atoms with Crippen molar-refractivity contribution in [3.8, 4) is 0 Å². The molecule has 17 heavy (non-hydrogen) atoms. The second-order valence-corrected chi connectivity index (χ2v) is 3.55. The van der Waals surface area contributed by atoms with Crippen molar-refractivity contribution in [3.05, 3.63) is 11.6 Å². The maximum absolute atomic E-state index is 11.3. The highest BCUT2D eigenvalue weighted by Crippen LogP contribution is 2.01. The van der Waals surface area contributed by atoms with Crippen molar-refractivity contribution < 1.29 is 19.0 Å². The molecule has 0 aliphatic rings. The molecule has 100 valence electrons. The predicted molar refractivity (Wildman–Crippen MR) is 65.9 cm³/mol. The number of ether oxygens (including phenoxy) is 3. The van der Waals surface area contributed by atoms with Gasteiger partial charge in [0, 0.05) is 32.9 Å². The van der Waals surface area contributed by atoms with E-state index in [-0.39, 0.29) is 12.1 Å². The van der Waals surface area contributed by atoms with Crippen molar-refractivity contribution in [2.45, 2.75) is 19.4 Å². The van der Waals surface area contributed by atoms with Gasteiger partial charge in [0.2, 0.25) is 0 Å². The van der Waals surface area contributed by atoms with Crippen molar-refractivity contribution >= 4 is 5.97 Å². The third-order valence-electron chi connectivity index (χ3n) is 2.38. The molecule has 0 fully saturated rings. The van der Waals surface area contributed by atoms with Crippen LogP contribution in [0.25, 0.3) is 0 Å². The molecule has 0 amide bonds. The van der Waals surface area contributed by atoms with E-state index >= 15 is 0 Å². The Morgan fingerprint density at radius 2 is 2.06 bits per heavy atom. The van der Waals surface area contributed by atoms with Crippen LogP contribution in [0.15, 0.2) is 11.6 Å². The van der Waals surface area contributed by atoms with Crippen LogP contribution in [0.5, 0.6) is 0 Å². The Morgan fingerprint density at radius 1 is 1.35 bits per heavy atom. The van der Waals surface area contributed by atoms with Crippen molar-refractivity contribution in [1.82, 2.24) is 5.32 Å². The predicted octanol–water partition coefficient (Wildman–Crippen LogP) is 0.747. The van der Waals surface area contributed by atoms with Gasteiger partial charge in [0.25, 0.3) is 0 Å². The van der Waals surface area contributed by atoms with Crippen molar-refractivity contribution in [3.63, 3.8) is 0 Å². The Morgan fingerprint density at radius 3 is 2.53 bits per heavy atom. The highest BCUT2D eigenvalue weighted by Gasteiger charge is 2.07. The minimum Gasteiger partial charge on any atom is -0.466 e. The van der Waals surface area contributed by atoms with Crippen LogP contribution in [0, 0.1) is 0 Å². The third kappa shape index (κ3) is 7.10. The molecule has 5 nitrogen and oxygen atoms in total. The van der Waals surface area contributed by atoms with E-state index in [0.717, 1.165) is 0 Å². The molecule has 0 bridgehead atoms. The largest absolute Gasteiger partial charge is 0.466 e. The van der Waals surface area contributed by atoms with Gasteiger partial charge in [0.05, 0.1) is 19.8 Å². The highest BCUT2D eigenvalue weighted by molar-refractivity contribution is 5.88. The van der Waals surface area contributed by atoms with Crippen molar-refractivity contribution in [1.29, 1.82) is 0 Å². The molecule has 0 aliphatic carbocycles. The SMILES string of the molecule is CCC(=CCNCC(COC)OC)C(=O)OC. The lowest BCUT2D eigenvalue weighted by Crippen LogP contribution is -2.32. The molecule has 0 saturated heterocycles. The Labute approximate surface area is 103 Å². The molecule has 0 saturated carbocycles. The zero-order chi connectivity index (χ0) is 13.1. The molecule has 5 heteroatoms. The summed E-state index contributed by atoms with van der Waals surface area (Å²) in [5.74, 6) is -0.269. The zero-order valence-corrected chi connectivity index (χ0v) is 11.1. The molecule has 0 radical (unpaired) electrons. The van der Waals surface area contributed by atoms with Crippen LogP contribution in [0.3, 0.4) is 0 Å². The zero-order valence-electron chi connectivity index (χ0n) is 11.1. The summed E-state index contributed by atoms with van der Waals surface area (Å²) in [6.07, 6.45) is 2.53. The summed E-state index contributed by atoms with van der Waals surface area (Å²) in [6.45, 7) is 3.76. The summed E-state index contributed by atoms with van der Waals surface area (Å²) in [5.41, 5.74) is 0.681. The van der Waals surface area contributed by atoms with Crippen molar-refractivity contribution in [2.75, 3.05) is 41.0 Å². The molecule has 0 spiro atoms. The Hall–Kier alpha value is -0.910. The Kier molecular flexibility index (Phi) is 9.71. The average Bonchev–Trinajstić information content (AvgIpc) is 2.36. The van der Waals surface area contributed by atoms with E-state index in [1.807, 2.05) is 13.0 Å². The lowest BCUT2D eigenvalue weighted by Gasteiger charge is -2.14. The lowest BCUT2D eigenvalue weighted by atomic mass is 10.2. The topological polar surface area (TPSA) is 56.8 Å². The maximum atomic E-state index is 11.3. The first kappa shape index (κ1) is 16.1. The standard InChI is InChI=1S/C12H23NO4/c1-5-10(12(14)17-4)6-7-13-8-11(16-3)9-15-2/h6,11,13H,5,7-9H2,1-4H3. The highest BCUT2D eigenvalue weighted by atomic mass is 16.5. The van der Waals surface area contributed by atoms with E-state index in [4.69, 9.17) is 9.47 Å². The summed E-state index contributed by atoms with van der Waals surface area (Å²) in [4.78, 5) is 11.3. The van der Waals surface area contributed by atoms with Gasteiger partial charge < -0.3 is 19.5 Å². The van der Waals surface area contributed by atoms with Gasteiger partial charge in [-0.25, -0.2) is 4.79 Å². The molecular formula is C12H23NO4. The molecule has 1 N–H and O–H groups in total. The molecule has 0 aliphatic heterocycles. The molecule has 0 aromatic heterocycles. The molecule has 0 aromatic carbocycles. The summed E-state index contributed by atoms with van der Waals surface area (Å²) < 4.78 is 14.8. The van der Waals surface area contributed by atoms with Gasteiger partial charge in [0.15, 0.2) is 0 Å².